The highest BCUT2D eigenvalue weighted by Crippen LogP contribution is 2.12. The molecule has 15 nitrogen and oxygen atoms in total. The maximum Gasteiger partial charge on any atom is 0.326 e. The Morgan fingerprint density at radius 2 is 1.58 bits per heavy atom. The van der Waals surface area contributed by atoms with Gasteiger partial charge in [-0.25, -0.2) is 4.79 Å². The van der Waals surface area contributed by atoms with E-state index in [9.17, 15) is 34.2 Å². The normalized spacial score (nSPS) is 12.9. The van der Waals surface area contributed by atoms with Crippen molar-refractivity contribution < 1.29 is 39.3 Å². The van der Waals surface area contributed by atoms with E-state index in [2.05, 4.69) is 20.9 Å². The molecule has 0 aliphatic heterocycles. The summed E-state index contributed by atoms with van der Waals surface area (Å²) in [5.41, 5.74) is 16.4. The van der Waals surface area contributed by atoms with Crippen molar-refractivity contribution in [3.8, 4) is 5.75 Å². The number of carbonyl (C=O) groups excluding carboxylic acids is 3. The third-order valence-corrected chi connectivity index (χ3v) is 4.74. The number of phenols is 1. The number of aliphatic imine (C=N–C) groups is 1. The molecule has 198 valence electrons. The van der Waals surface area contributed by atoms with Crippen LogP contribution in [0, 0.1) is 0 Å². The molecule has 0 heterocycles. The topological polar surface area (TPSA) is 273 Å². The fraction of sp³-hybridized carbons (Fsp3) is 0.429. The number of hydrogen-bond donors (Lipinski definition) is 9. The van der Waals surface area contributed by atoms with Gasteiger partial charge >= 0.3 is 11.9 Å². The van der Waals surface area contributed by atoms with Gasteiger partial charge < -0.3 is 48.5 Å². The van der Waals surface area contributed by atoms with Crippen molar-refractivity contribution in [2.45, 2.75) is 43.8 Å². The second-order valence-electron chi connectivity index (χ2n) is 7.76. The van der Waals surface area contributed by atoms with Gasteiger partial charge in [-0.15, -0.1) is 0 Å². The molecule has 3 unspecified atom stereocenters. The predicted octanol–water partition coefficient (Wildman–Crippen LogP) is -3.04. The number of phenolic OH excluding ortho intramolecular Hbond substituents is 1. The molecule has 0 fully saturated rings. The molecule has 1 aromatic rings. The van der Waals surface area contributed by atoms with Crippen LogP contribution in [-0.4, -0.2) is 82.2 Å². The SMILES string of the molecule is NC(N)=NCCCC(NC(=O)C(Cc1ccc(O)cc1)NC(=O)CNC(=O)C(N)CC(=O)O)C(=O)O. The van der Waals surface area contributed by atoms with E-state index in [-0.39, 0.29) is 37.5 Å². The average molecular weight is 510 g/mol. The van der Waals surface area contributed by atoms with Gasteiger partial charge in [0.2, 0.25) is 17.7 Å². The van der Waals surface area contributed by atoms with Crippen LogP contribution in [0.25, 0.3) is 0 Å². The zero-order valence-electron chi connectivity index (χ0n) is 19.3. The zero-order chi connectivity index (χ0) is 27.3. The molecule has 0 saturated carbocycles. The van der Waals surface area contributed by atoms with E-state index in [1.165, 1.54) is 24.3 Å². The molecule has 0 aromatic heterocycles. The minimum atomic E-state index is -1.37. The molecule has 1 aromatic carbocycles. The van der Waals surface area contributed by atoms with Gasteiger partial charge in [0.15, 0.2) is 5.96 Å². The molecule has 36 heavy (non-hydrogen) atoms. The van der Waals surface area contributed by atoms with Crippen LogP contribution >= 0.6 is 0 Å². The number of aliphatic carboxylic acids is 2. The first kappa shape index (κ1) is 29.6. The van der Waals surface area contributed by atoms with Crippen LogP contribution in [-0.2, 0) is 30.4 Å². The monoisotopic (exact) mass is 509 g/mol. The van der Waals surface area contributed by atoms with Gasteiger partial charge in [-0.1, -0.05) is 12.1 Å². The minimum absolute atomic E-state index is 0.00918. The number of carboxylic acids is 2. The van der Waals surface area contributed by atoms with Crippen molar-refractivity contribution in [3.05, 3.63) is 29.8 Å². The molecule has 0 aliphatic rings. The maximum atomic E-state index is 12.9. The van der Waals surface area contributed by atoms with E-state index >= 15 is 0 Å². The molecule has 3 amide bonds. The van der Waals surface area contributed by atoms with Gasteiger partial charge in [0, 0.05) is 13.0 Å². The van der Waals surface area contributed by atoms with E-state index in [0.29, 0.717) is 5.56 Å². The lowest BCUT2D eigenvalue weighted by molar-refractivity contribution is -0.142. The van der Waals surface area contributed by atoms with Crippen molar-refractivity contribution in [3.63, 3.8) is 0 Å². The number of nitrogens with zero attached hydrogens (tertiary/aromatic N) is 1. The van der Waals surface area contributed by atoms with E-state index in [1.54, 1.807) is 0 Å². The van der Waals surface area contributed by atoms with Crippen molar-refractivity contribution in [1.82, 2.24) is 16.0 Å². The van der Waals surface area contributed by atoms with Crippen LogP contribution in [0.2, 0.25) is 0 Å². The van der Waals surface area contributed by atoms with E-state index < -0.39 is 60.8 Å². The number of guanidine groups is 1. The van der Waals surface area contributed by atoms with E-state index in [4.69, 9.17) is 22.3 Å². The minimum Gasteiger partial charge on any atom is -0.508 e. The van der Waals surface area contributed by atoms with Crippen molar-refractivity contribution >= 4 is 35.6 Å². The lowest BCUT2D eigenvalue weighted by atomic mass is 10.0. The lowest BCUT2D eigenvalue weighted by Gasteiger charge is -2.22. The predicted molar refractivity (Wildman–Crippen MR) is 126 cm³/mol. The Morgan fingerprint density at radius 1 is 0.944 bits per heavy atom. The molecule has 15 heteroatoms. The van der Waals surface area contributed by atoms with Crippen molar-refractivity contribution in [2.24, 2.45) is 22.2 Å². The number of benzene rings is 1. The summed E-state index contributed by atoms with van der Waals surface area (Å²) >= 11 is 0. The standard InChI is InChI=1S/C21H31N7O8/c22-13(9-17(31)32)18(33)26-10-16(30)27-15(8-11-3-5-12(29)6-4-11)19(34)28-14(20(35)36)2-1-7-25-21(23)24/h3-6,13-15,29H,1-2,7-10,22H2,(H,26,33)(H,27,30)(H,28,34)(H,31,32)(H,35,36)(H4,23,24,25). The molecular formula is C21H31N7O8. The van der Waals surface area contributed by atoms with Gasteiger partial charge in [0.1, 0.15) is 17.8 Å². The number of nitrogens with one attached hydrogen (secondary N) is 3. The molecule has 12 N–H and O–H groups in total. The maximum absolute atomic E-state index is 12.9. The number of carbonyl (C=O) groups is 5. The second kappa shape index (κ2) is 14.8. The summed E-state index contributed by atoms with van der Waals surface area (Å²) in [7, 11) is 0. The molecule has 0 spiro atoms. The molecule has 0 aliphatic carbocycles. The molecule has 0 radical (unpaired) electrons. The Labute approximate surface area is 206 Å². The van der Waals surface area contributed by atoms with E-state index in [1.807, 2.05) is 0 Å². The highest BCUT2D eigenvalue weighted by Gasteiger charge is 2.27. The fourth-order valence-electron chi connectivity index (χ4n) is 2.93. The summed E-state index contributed by atoms with van der Waals surface area (Å²) in [6.45, 7) is -0.453. The molecule has 0 bridgehead atoms. The van der Waals surface area contributed by atoms with Gasteiger partial charge in [-0.05, 0) is 30.5 Å². The van der Waals surface area contributed by atoms with Crippen LogP contribution < -0.4 is 33.2 Å². The highest BCUT2D eigenvalue weighted by atomic mass is 16.4. The first-order chi connectivity index (χ1) is 16.9. The van der Waals surface area contributed by atoms with Crippen molar-refractivity contribution in [1.29, 1.82) is 0 Å². The van der Waals surface area contributed by atoms with Crippen LogP contribution in [0.15, 0.2) is 29.3 Å². The Balaban J connectivity index is 2.87. The van der Waals surface area contributed by atoms with Gasteiger partial charge in [0.25, 0.3) is 0 Å². The number of nitrogens with two attached hydrogens (primary N) is 3. The Bertz CT molecular complexity index is 964. The number of carboxylic acid groups (broad SMARTS) is 2. The van der Waals surface area contributed by atoms with Crippen LogP contribution in [0.4, 0.5) is 0 Å². The highest BCUT2D eigenvalue weighted by molar-refractivity contribution is 5.93. The third-order valence-electron chi connectivity index (χ3n) is 4.74. The average Bonchev–Trinajstić information content (AvgIpc) is 2.79. The quantitative estimate of drug-likeness (QED) is 0.0651. The lowest BCUT2D eigenvalue weighted by Crippen LogP contribution is -2.54. The van der Waals surface area contributed by atoms with Crippen molar-refractivity contribution in [2.75, 3.05) is 13.1 Å². The summed E-state index contributed by atoms with van der Waals surface area (Å²) in [6, 6.07) is 1.86. The summed E-state index contributed by atoms with van der Waals surface area (Å²) < 4.78 is 0. The van der Waals surface area contributed by atoms with Crippen LogP contribution in [0.5, 0.6) is 5.75 Å². The van der Waals surface area contributed by atoms with Gasteiger partial charge in [-0.2, -0.15) is 0 Å². The molecular weight excluding hydrogens is 478 g/mol. The first-order valence-corrected chi connectivity index (χ1v) is 10.8. The Hall–Kier alpha value is -4.40. The smallest absolute Gasteiger partial charge is 0.326 e. The summed E-state index contributed by atoms with van der Waals surface area (Å²) in [5.74, 6) is -5.25. The van der Waals surface area contributed by atoms with Crippen LogP contribution in [0.3, 0.4) is 0 Å². The second-order valence-corrected chi connectivity index (χ2v) is 7.76. The number of hydrogen-bond acceptors (Lipinski definition) is 8. The van der Waals surface area contributed by atoms with Gasteiger partial charge in [-0.3, -0.25) is 24.2 Å². The molecule has 0 saturated heterocycles. The van der Waals surface area contributed by atoms with E-state index in [0.717, 1.165) is 0 Å². The summed E-state index contributed by atoms with van der Waals surface area (Å²) in [6.07, 6.45) is -0.439. The fourth-order valence-corrected chi connectivity index (χ4v) is 2.93. The number of amides is 3. The molecule has 3 atom stereocenters. The zero-order valence-corrected chi connectivity index (χ0v) is 19.3. The summed E-state index contributed by atoms with van der Waals surface area (Å²) in [4.78, 5) is 63.1. The first-order valence-electron chi connectivity index (χ1n) is 10.8. The van der Waals surface area contributed by atoms with Crippen LogP contribution in [0.1, 0.15) is 24.8 Å². The third kappa shape index (κ3) is 11.6. The summed E-state index contributed by atoms with van der Waals surface area (Å²) in [5, 5.41) is 34.6. The number of rotatable bonds is 15. The largest absolute Gasteiger partial charge is 0.508 e. The Kier molecular flexibility index (Phi) is 12.2. The Morgan fingerprint density at radius 3 is 2.14 bits per heavy atom. The molecule has 1 rings (SSSR count). The number of aromatic hydroxyl groups is 1. The van der Waals surface area contributed by atoms with Gasteiger partial charge in [0.05, 0.1) is 19.0 Å².